The molecule has 4 rings (SSSR count). The number of nitrogens with one attached hydrogen (secondary N) is 1. The lowest BCUT2D eigenvalue weighted by Crippen LogP contribution is -2.12. The molecular weight excluding hydrogens is 446 g/mol. The quantitative estimate of drug-likeness (QED) is 0.337. The number of methoxy groups -OCH3 is 1. The molecule has 2 aromatic carbocycles. The zero-order chi connectivity index (χ0) is 24.9. The molecular formula is C27H27N3O5. The van der Waals surface area contributed by atoms with Crippen LogP contribution < -0.4 is 14.8 Å². The van der Waals surface area contributed by atoms with Gasteiger partial charge in [-0.25, -0.2) is 0 Å². The summed E-state index contributed by atoms with van der Waals surface area (Å²) in [6.07, 6.45) is 0. The fraction of sp³-hybridized carbons (Fsp3) is 0.222. The van der Waals surface area contributed by atoms with Crippen molar-refractivity contribution in [1.82, 2.24) is 9.78 Å². The summed E-state index contributed by atoms with van der Waals surface area (Å²) in [6, 6.07) is 18.0. The summed E-state index contributed by atoms with van der Waals surface area (Å²) in [6.45, 7) is 5.98. The summed E-state index contributed by atoms with van der Waals surface area (Å²) in [7, 11) is 1.63. The molecule has 8 heteroatoms. The van der Waals surface area contributed by atoms with E-state index in [2.05, 4.69) is 10.4 Å². The van der Waals surface area contributed by atoms with Crippen molar-refractivity contribution in [3.8, 4) is 11.5 Å². The number of nitrogens with zero attached hydrogens (tertiary/aromatic N) is 2. The van der Waals surface area contributed by atoms with Gasteiger partial charge in [0.2, 0.25) is 0 Å². The van der Waals surface area contributed by atoms with Crippen LogP contribution in [0, 0.1) is 13.8 Å². The van der Waals surface area contributed by atoms with Crippen LogP contribution in [0.4, 0.5) is 5.69 Å². The third-order valence-corrected chi connectivity index (χ3v) is 5.61. The van der Waals surface area contributed by atoms with Gasteiger partial charge in [-0.05, 0) is 74.9 Å². The first kappa shape index (κ1) is 23.8. The Labute approximate surface area is 203 Å². The highest BCUT2D eigenvalue weighted by Gasteiger charge is 2.18. The van der Waals surface area contributed by atoms with Gasteiger partial charge in [-0.15, -0.1) is 0 Å². The molecule has 35 heavy (non-hydrogen) atoms. The summed E-state index contributed by atoms with van der Waals surface area (Å²) >= 11 is 0. The fourth-order valence-corrected chi connectivity index (χ4v) is 3.67. The summed E-state index contributed by atoms with van der Waals surface area (Å²) in [5, 5.41) is 7.50. The van der Waals surface area contributed by atoms with Gasteiger partial charge < -0.3 is 19.2 Å². The van der Waals surface area contributed by atoms with E-state index in [-0.39, 0.29) is 24.1 Å². The van der Waals surface area contributed by atoms with Crippen molar-refractivity contribution in [2.24, 2.45) is 0 Å². The summed E-state index contributed by atoms with van der Waals surface area (Å²) in [5.41, 5.74) is 3.86. The van der Waals surface area contributed by atoms with Crippen molar-refractivity contribution < 1.29 is 23.5 Å². The molecule has 0 fully saturated rings. The Morgan fingerprint density at radius 3 is 2.51 bits per heavy atom. The first-order valence-electron chi connectivity index (χ1n) is 11.1. The highest BCUT2D eigenvalue weighted by molar-refractivity contribution is 6.03. The van der Waals surface area contributed by atoms with Gasteiger partial charge in [0.1, 0.15) is 23.9 Å². The van der Waals surface area contributed by atoms with E-state index in [0.29, 0.717) is 35.0 Å². The van der Waals surface area contributed by atoms with Crippen LogP contribution >= 0.6 is 0 Å². The Balaban J connectivity index is 1.39. The second kappa shape index (κ2) is 10.3. The molecule has 0 atom stereocenters. The molecule has 2 heterocycles. The number of carbonyl (C=O) groups is 2. The Morgan fingerprint density at radius 1 is 1.03 bits per heavy atom. The number of benzene rings is 2. The predicted molar refractivity (Wildman–Crippen MR) is 131 cm³/mol. The smallest absolute Gasteiger partial charge is 0.291 e. The molecule has 0 unspecified atom stereocenters. The molecule has 0 aliphatic carbocycles. The Kier molecular flexibility index (Phi) is 7.01. The van der Waals surface area contributed by atoms with Crippen molar-refractivity contribution in [2.75, 3.05) is 12.4 Å². The average molecular weight is 474 g/mol. The number of ketones is 1. The summed E-state index contributed by atoms with van der Waals surface area (Å²) in [5.74, 6) is 1.70. The molecule has 0 saturated carbocycles. The van der Waals surface area contributed by atoms with Crippen molar-refractivity contribution in [2.45, 2.75) is 33.9 Å². The van der Waals surface area contributed by atoms with E-state index >= 15 is 0 Å². The number of aryl methyl sites for hydroxylation is 1. The van der Waals surface area contributed by atoms with Gasteiger partial charge in [0.25, 0.3) is 5.91 Å². The van der Waals surface area contributed by atoms with Crippen molar-refractivity contribution in [3.05, 3.63) is 94.7 Å². The maximum Gasteiger partial charge on any atom is 0.291 e. The zero-order valence-corrected chi connectivity index (χ0v) is 20.1. The van der Waals surface area contributed by atoms with Gasteiger partial charge in [-0.2, -0.15) is 5.10 Å². The Hall–Kier alpha value is -4.33. The molecule has 0 bridgehead atoms. The number of hydrogen-bond acceptors (Lipinski definition) is 6. The average Bonchev–Trinajstić information content (AvgIpc) is 3.43. The SMILES string of the molecule is COc1cccc(Cn2nc(C)c(NC(=O)c3ccc(COc4ccc(C(C)=O)cc4)o3)c2C)c1. The minimum atomic E-state index is -0.366. The molecule has 0 aliphatic rings. The van der Waals surface area contributed by atoms with Gasteiger partial charge in [-0.3, -0.25) is 14.3 Å². The molecule has 0 aliphatic heterocycles. The van der Waals surface area contributed by atoms with Crippen LogP contribution in [-0.2, 0) is 13.2 Å². The van der Waals surface area contributed by atoms with Crippen LogP contribution in [0.1, 0.15) is 50.5 Å². The topological polar surface area (TPSA) is 95.6 Å². The van der Waals surface area contributed by atoms with Gasteiger partial charge in [0.05, 0.1) is 30.7 Å². The van der Waals surface area contributed by atoms with Crippen molar-refractivity contribution in [1.29, 1.82) is 0 Å². The molecule has 180 valence electrons. The number of Topliss-reactive ketones (excluding diaryl/α,β-unsaturated/α-hetero) is 1. The van der Waals surface area contributed by atoms with Crippen LogP contribution in [0.2, 0.25) is 0 Å². The highest BCUT2D eigenvalue weighted by atomic mass is 16.5. The molecule has 8 nitrogen and oxygen atoms in total. The Bertz CT molecular complexity index is 1350. The van der Waals surface area contributed by atoms with Crippen LogP contribution in [0.25, 0.3) is 0 Å². The van der Waals surface area contributed by atoms with Crippen LogP contribution in [0.5, 0.6) is 11.5 Å². The number of rotatable bonds is 9. The van der Waals surface area contributed by atoms with E-state index in [1.54, 1.807) is 43.5 Å². The molecule has 1 amide bonds. The Morgan fingerprint density at radius 2 is 1.80 bits per heavy atom. The van der Waals surface area contributed by atoms with E-state index in [4.69, 9.17) is 13.9 Å². The third-order valence-electron chi connectivity index (χ3n) is 5.61. The number of furan rings is 1. The molecule has 4 aromatic rings. The molecule has 1 N–H and O–H groups in total. The largest absolute Gasteiger partial charge is 0.497 e. The molecule has 0 saturated heterocycles. The van der Waals surface area contributed by atoms with E-state index in [1.165, 1.54) is 6.92 Å². The first-order chi connectivity index (χ1) is 16.8. The van der Waals surface area contributed by atoms with Crippen molar-refractivity contribution in [3.63, 3.8) is 0 Å². The number of anilines is 1. The van der Waals surface area contributed by atoms with E-state index < -0.39 is 0 Å². The van der Waals surface area contributed by atoms with Gasteiger partial charge >= 0.3 is 0 Å². The van der Waals surface area contributed by atoms with Crippen LogP contribution in [0.3, 0.4) is 0 Å². The number of carbonyl (C=O) groups excluding carboxylic acids is 2. The van der Waals surface area contributed by atoms with E-state index in [1.807, 2.05) is 42.8 Å². The van der Waals surface area contributed by atoms with Gasteiger partial charge in [0, 0.05) is 5.56 Å². The number of hydrogen-bond donors (Lipinski definition) is 1. The molecule has 0 radical (unpaired) electrons. The summed E-state index contributed by atoms with van der Waals surface area (Å²) in [4.78, 5) is 24.2. The lowest BCUT2D eigenvalue weighted by atomic mass is 10.1. The lowest BCUT2D eigenvalue weighted by molar-refractivity contribution is 0.0990. The van der Waals surface area contributed by atoms with Gasteiger partial charge in [-0.1, -0.05) is 12.1 Å². The maximum atomic E-state index is 12.8. The first-order valence-corrected chi connectivity index (χ1v) is 11.1. The minimum Gasteiger partial charge on any atom is -0.497 e. The molecule has 2 aromatic heterocycles. The van der Waals surface area contributed by atoms with Crippen LogP contribution in [0.15, 0.2) is 65.1 Å². The number of ether oxygens (including phenoxy) is 2. The lowest BCUT2D eigenvalue weighted by Gasteiger charge is -2.08. The second-order valence-electron chi connectivity index (χ2n) is 8.14. The van der Waals surface area contributed by atoms with Gasteiger partial charge in [0.15, 0.2) is 11.5 Å². The normalized spacial score (nSPS) is 10.7. The standard InChI is InChI=1S/C27H27N3O5/c1-17-26(18(2)30(29-17)15-20-6-5-7-23(14-20)33-4)28-27(32)25-13-12-24(35-25)16-34-22-10-8-21(9-11-22)19(3)31/h5-14H,15-16H2,1-4H3,(H,28,32). The van der Waals surface area contributed by atoms with E-state index in [9.17, 15) is 9.59 Å². The number of aromatic nitrogens is 2. The summed E-state index contributed by atoms with van der Waals surface area (Å²) < 4.78 is 18.5. The number of amides is 1. The minimum absolute atomic E-state index is 0.00504. The van der Waals surface area contributed by atoms with E-state index in [0.717, 1.165) is 17.0 Å². The third kappa shape index (κ3) is 5.60. The highest BCUT2D eigenvalue weighted by Crippen LogP contribution is 2.23. The molecule has 0 spiro atoms. The van der Waals surface area contributed by atoms with Crippen LogP contribution in [-0.4, -0.2) is 28.6 Å². The second-order valence-corrected chi connectivity index (χ2v) is 8.14. The maximum absolute atomic E-state index is 12.8. The zero-order valence-electron chi connectivity index (χ0n) is 20.1. The fourth-order valence-electron chi connectivity index (χ4n) is 3.67. The monoisotopic (exact) mass is 473 g/mol. The predicted octanol–water partition coefficient (Wildman–Crippen LogP) is 5.18. The van der Waals surface area contributed by atoms with Crippen molar-refractivity contribution >= 4 is 17.4 Å².